The van der Waals surface area contributed by atoms with E-state index in [1.54, 1.807) is 85.7 Å². The van der Waals surface area contributed by atoms with Crippen molar-refractivity contribution in [1.82, 2.24) is 15.1 Å². The van der Waals surface area contributed by atoms with Crippen LogP contribution in [0, 0.1) is 5.95 Å². The summed E-state index contributed by atoms with van der Waals surface area (Å²) in [6, 6.07) is 20.1. The highest BCUT2D eigenvalue weighted by Gasteiger charge is 2.31. The topological polar surface area (TPSA) is 58.2 Å². The zero-order valence-electron chi connectivity index (χ0n) is 23.1. The summed E-state index contributed by atoms with van der Waals surface area (Å²) >= 11 is 0. The first kappa shape index (κ1) is 29.8. The fourth-order valence-corrected chi connectivity index (χ4v) is 4.69. The largest absolute Gasteiger partial charge is 0.494 e. The summed E-state index contributed by atoms with van der Waals surface area (Å²) < 4.78 is 61.9. The molecule has 0 aliphatic carbocycles. The van der Waals surface area contributed by atoms with Gasteiger partial charge in [0.15, 0.2) is 0 Å². The Balaban J connectivity index is 1.58. The van der Waals surface area contributed by atoms with E-state index in [0.29, 0.717) is 46.6 Å². The summed E-state index contributed by atoms with van der Waals surface area (Å²) in [4.78, 5) is 13.2. The van der Waals surface area contributed by atoms with Crippen LogP contribution in [0.1, 0.15) is 55.2 Å². The van der Waals surface area contributed by atoms with Gasteiger partial charge in [-0.3, -0.25) is 9.89 Å². The third-order valence-corrected chi connectivity index (χ3v) is 6.79. The smallest absolute Gasteiger partial charge is 0.393 e. The number of unbranched alkanes of at least 4 members (excludes halogenated alkanes) is 3. The molecule has 1 heterocycles. The van der Waals surface area contributed by atoms with E-state index in [4.69, 9.17) is 4.74 Å². The Morgan fingerprint density at radius 1 is 0.878 bits per heavy atom. The number of H-pyrrole nitrogens is 1. The number of carbonyl (C=O) groups is 1. The van der Waals surface area contributed by atoms with Gasteiger partial charge in [-0.15, -0.1) is 0 Å². The highest BCUT2D eigenvalue weighted by molar-refractivity contribution is 6.00. The molecular weight excluding hydrogens is 534 g/mol. The van der Waals surface area contributed by atoms with Crippen LogP contribution in [0.2, 0.25) is 0 Å². The number of benzene rings is 3. The minimum Gasteiger partial charge on any atom is -0.494 e. The fourth-order valence-electron chi connectivity index (χ4n) is 4.69. The molecule has 1 N–H and O–H groups in total. The van der Waals surface area contributed by atoms with Crippen molar-refractivity contribution in [3.05, 3.63) is 95.4 Å². The average molecular weight is 568 g/mol. The van der Waals surface area contributed by atoms with E-state index >= 15 is 0 Å². The third kappa shape index (κ3) is 8.19. The molecule has 1 amide bonds. The van der Waals surface area contributed by atoms with Gasteiger partial charge in [0.25, 0.3) is 0 Å². The van der Waals surface area contributed by atoms with Crippen molar-refractivity contribution in [1.29, 1.82) is 0 Å². The number of aromatic amines is 1. The lowest BCUT2D eigenvalue weighted by molar-refractivity contribution is -0.128. The second kappa shape index (κ2) is 13.5. The molecule has 216 valence electrons. The van der Waals surface area contributed by atoms with Crippen molar-refractivity contribution in [3.8, 4) is 5.75 Å². The van der Waals surface area contributed by atoms with Gasteiger partial charge in [0, 0.05) is 20.5 Å². The van der Waals surface area contributed by atoms with Gasteiger partial charge < -0.3 is 9.64 Å². The molecule has 0 atom stereocenters. The van der Waals surface area contributed by atoms with Crippen molar-refractivity contribution < 1.29 is 27.1 Å². The highest BCUT2D eigenvalue weighted by Crippen LogP contribution is 2.40. The second-order valence-electron chi connectivity index (χ2n) is 10.1. The molecule has 0 saturated carbocycles. The number of nitrogens with zero attached hydrogens (tertiary/aromatic N) is 2. The van der Waals surface area contributed by atoms with Crippen LogP contribution in [0.25, 0.3) is 22.0 Å². The molecule has 4 aromatic rings. The summed E-state index contributed by atoms with van der Waals surface area (Å²) in [7, 11) is 3.49. The van der Waals surface area contributed by atoms with Gasteiger partial charge in [-0.25, -0.2) is 0 Å². The summed E-state index contributed by atoms with van der Waals surface area (Å²) in [5.74, 6) is 0.0749. The molecule has 0 fully saturated rings. The minimum absolute atomic E-state index is 0.0859. The summed E-state index contributed by atoms with van der Waals surface area (Å²) in [5.41, 5.74) is 2.25. The first-order valence-corrected chi connectivity index (χ1v) is 13.5. The van der Waals surface area contributed by atoms with Crippen LogP contribution >= 0.6 is 0 Å². The van der Waals surface area contributed by atoms with E-state index in [9.17, 15) is 22.4 Å². The first-order chi connectivity index (χ1) is 19.6. The number of nitrogens with one attached hydrogen (secondary N) is 1. The number of ether oxygens (including phenoxy) is 1. The number of fused-ring (bicyclic) bond motifs is 1. The second-order valence-corrected chi connectivity index (χ2v) is 10.1. The maximum absolute atomic E-state index is 14.4. The summed E-state index contributed by atoms with van der Waals surface area (Å²) in [5, 5.41) is 6.39. The fraction of sp³-hybridized carbons (Fsp3) is 0.312. The van der Waals surface area contributed by atoms with Crippen LogP contribution in [-0.4, -0.2) is 47.9 Å². The number of aromatic nitrogens is 2. The van der Waals surface area contributed by atoms with Gasteiger partial charge in [0.05, 0.1) is 23.9 Å². The molecule has 1 aromatic heterocycles. The van der Waals surface area contributed by atoms with Crippen LogP contribution in [0.15, 0.2) is 72.8 Å². The Bertz CT molecular complexity index is 1480. The molecule has 9 heteroatoms. The van der Waals surface area contributed by atoms with E-state index in [0.717, 1.165) is 25.7 Å². The molecule has 5 nitrogen and oxygen atoms in total. The molecule has 4 rings (SSSR count). The molecular formula is C32H33F4N3O2. The normalized spacial score (nSPS) is 12.3. The third-order valence-electron chi connectivity index (χ3n) is 6.79. The number of hydrogen-bond donors (Lipinski definition) is 1. The Morgan fingerprint density at radius 3 is 2.24 bits per heavy atom. The molecule has 0 aliphatic rings. The summed E-state index contributed by atoms with van der Waals surface area (Å²) in [6.07, 6.45) is -1.58. The Morgan fingerprint density at radius 2 is 1.56 bits per heavy atom. The molecule has 0 saturated heterocycles. The van der Waals surface area contributed by atoms with E-state index < -0.39 is 18.5 Å². The maximum atomic E-state index is 14.4. The van der Waals surface area contributed by atoms with Gasteiger partial charge in [-0.2, -0.15) is 22.7 Å². The lowest BCUT2D eigenvalue weighted by Gasteiger charge is -2.19. The predicted molar refractivity (Wildman–Crippen MR) is 153 cm³/mol. The van der Waals surface area contributed by atoms with Gasteiger partial charge in [-0.1, -0.05) is 61.4 Å². The Labute approximate surface area is 236 Å². The van der Waals surface area contributed by atoms with E-state index in [-0.39, 0.29) is 16.9 Å². The molecule has 0 bridgehead atoms. The molecule has 3 aromatic carbocycles. The van der Waals surface area contributed by atoms with E-state index in [1.807, 2.05) is 0 Å². The number of rotatable bonds is 12. The molecule has 0 radical (unpaired) electrons. The lowest BCUT2D eigenvalue weighted by atomic mass is 9.87. The van der Waals surface area contributed by atoms with Crippen LogP contribution in [0.4, 0.5) is 17.6 Å². The number of halogens is 4. The first-order valence-electron chi connectivity index (χ1n) is 13.5. The standard InChI is InChI=1S/C32H33F4N3O2/c1-39(2)29(40)12-8-3-4-9-19-41-25-16-13-23(14-17-25)30(24-15-18-28-26(20-24)31(33)38-37-28)27(21-32(34,35)36)22-10-6-5-7-11-22/h5-7,10-11,13-18,20H,3-4,8-9,12,19,21H2,1-2H3,(H,37,38)/b30-27-. The van der Waals surface area contributed by atoms with Crippen molar-refractivity contribution in [2.24, 2.45) is 0 Å². The molecule has 0 unspecified atom stereocenters. The van der Waals surface area contributed by atoms with E-state index in [2.05, 4.69) is 10.2 Å². The molecule has 41 heavy (non-hydrogen) atoms. The molecule has 0 aliphatic heterocycles. The van der Waals surface area contributed by atoms with Gasteiger partial charge in [0.1, 0.15) is 5.75 Å². The lowest BCUT2D eigenvalue weighted by Crippen LogP contribution is -2.20. The number of alkyl halides is 3. The minimum atomic E-state index is -4.47. The van der Waals surface area contributed by atoms with Crippen LogP contribution in [-0.2, 0) is 4.79 Å². The average Bonchev–Trinajstić information content (AvgIpc) is 3.32. The zero-order chi connectivity index (χ0) is 29.4. The Hall–Kier alpha value is -4.14. The van der Waals surface area contributed by atoms with Crippen molar-refractivity contribution >= 4 is 28.0 Å². The predicted octanol–water partition coefficient (Wildman–Crippen LogP) is 8.03. The maximum Gasteiger partial charge on any atom is 0.393 e. The van der Waals surface area contributed by atoms with Crippen LogP contribution in [0.3, 0.4) is 0 Å². The van der Waals surface area contributed by atoms with Crippen LogP contribution < -0.4 is 4.74 Å². The van der Waals surface area contributed by atoms with Gasteiger partial charge >= 0.3 is 6.18 Å². The highest BCUT2D eigenvalue weighted by atomic mass is 19.4. The van der Waals surface area contributed by atoms with Gasteiger partial charge in [-0.05, 0) is 64.9 Å². The van der Waals surface area contributed by atoms with Gasteiger partial charge in [0.2, 0.25) is 11.9 Å². The van der Waals surface area contributed by atoms with Crippen molar-refractivity contribution in [2.45, 2.75) is 44.7 Å². The number of hydrogen-bond acceptors (Lipinski definition) is 3. The van der Waals surface area contributed by atoms with Crippen molar-refractivity contribution in [3.63, 3.8) is 0 Å². The number of carbonyl (C=O) groups excluding carboxylic acids is 1. The zero-order valence-corrected chi connectivity index (χ0v) is 23.1. The SMILES string of the molecule is CN(C)C(=O)CCCCCCOc1ccc(/C(=C(\CC(F)(F)F)c2ccccc2)c2ccc3n[nH]c(F)c3c2)cc1. The molecule has 0 spiro atoms. The Kier molecular flexibility index (Phi) is 9.81. The quantitative estimate of drug-likeness (QED) is 0.107. The summed E-state index contributed by atoms with van der Waals surface area (Å²) in [6.45, 7) is 0.490. The monoisotopic (exact) mass is 567 g/mol. The van der Waals surface area contributed by atoms with E-state index in [1.165, 1.54) is 6.07 Å². The van der Waals surface area contributed by atoms with Crippen molar-refractivity contribution in [2.75, 3.05) is 20.7 Å². The number of allylic oxidation sites excluding steroid dienone is 1. The van der Waals surface area contributed by atoms with Crippen LogP contribution in [0.5, 0.6) is 5.75 Å². The number of amides is 1.